The molecule has 1 amide bonds. The summed E-state index contributed by atoms with van der Waals surface area (Å²) in [6, 6.07) is 0. The molecule has 2 saturated carbocycles. The molecule has 116 valence electrons. The first-order chi connectivity index (χ1) is 9.61. The highest BCUT2D eigenvalue weighted by molar-refractivity contribution is 5.77. The number of carbonyl (C=O) groups is 1. The van der Waals surface area contributed by atoms with Crippen molar-refractivity contribution in [1.29, 1.82) is 0 Å². The lowest BCUT2D eigenvalue weighted by Crippen LogP contribution is -2.36. The van der Waals surface area contributed by atoms with E-state index < -0.39 is 0 Å². The summed E-state index contributed by atoms with van der Waals surface area (Å²) < 4.78 is 0. The van der Waals surface area contributed by atoms with Crippen molar-refractivity contribution < 1.29 is 4.79 Å². The van der Waals surface area contributed by atoms with Gasteiger partial charge in [0.1, 0.15) is 0 Å². The molecule has 0 bridgehead atoms. The fourth-order valence-corrected chi connectivity index (χ4v) is 4.47. The molecule has 4 unspecified atom stereocenters. The molecule has 0 aliphatic heterocycles. The molecule has 2 fully saturated rings. The van der Waals surface area contributed by atoms with Crippen LogP contribution in [0.4, 0.5) is 0 Å². The van der Waals surface area contributed by atoms with Gasteiger partial charge in [0, 0.05) is 12.5 Å². The molecule has 0 radical (unpaired) electrons. The van der Waals surface area contributed by atoms with Crippen molar-refractivity contribution in [3.8, 4) is 0 Å². The molecule has 2 aliphatic rings. The molecule has 0 aromatic carbocycles. The Hall–Kier alpha value is -0.530. The van der Waals surface area contributed by atoms with Crippen LogP contribution < -0.4 is 5.32 Å². The van der Waals surface area contributed by atoms with Crippen LogP contribution >= 0.6 is 0 Å². The van der Waals surface area contributed by atoms with Gasteiger partial charge in [-0.05, 0) is 42.9 Å². The number of hydrogen-bond acceptors (Lipinski definition) is 1. The van der Waals surface area contributed by atoms with Crippen LogP contribution in [0, 0.1) is 29.6 Å². The normalized spacial score (nSPS) is 33.8. The van der Waals surface area contributed by atoms with Crippen LogP contribution in [0.1, 0.15) is 72.1 Å². The Labute approximate surface area is 125 Å². The average molecular weight is 279 g/mol. The van der Waals surface area contributed by atoms with Gasteiger partial charge in [0.15, 0.2) is 0 Å². The first kappa shape index (κ1) is 15.9. The van der Waals surface area contributed by atoms with Crippen molar-refractivity contribution >= 4 is 5.91 Å². The van der Waals surface area contributed by atoms with E-state index in [9.17, 15) is 4.79 Å². The van der Waals surface area contributed by atoms with Crippen LogP contribution in [-0.4, -0.2) is 12.5 Å². The van der Waals surface area contributed by atoms with Crippen molar-refractivity contribution in [1.82, 2.24) is 5.32 Å². The third kappa shape index (κ3) is 3.99. The van der Waals surface area contributed by atoms with Gasteiger partial charge in [-0.2, -0.15) is 0 Å². The van der Waals surface area contributed by atoms with Crippen LogP contribution in [0.2, 0.25) is 0 Å². The molecule has 0 spiro atoms. The smallest absolute Gasteiger partial charge is 0.222 e. The maximum atomic E-state index is 11.7. The number of amides is 1. The van der Waals surface area contributed by atoms with E-state index in [-0.39, 0.29) is 11.8 Å². The maximum absolute atomic E-state index is 11.7. The fourth-order valence-electron chi connectivity index (χ4n) is 4.47. The Bertz CT molecular complexity index is 313. The fraction of sp³-hybridized carbons (Fsp3) is 0.944. The Morgan fingerprint density at radius 3 is 2.70 bits per heavy atom. The zero-order chi connectivity index (χ0) is 14.5. The Morgan fingerprint density at radius 2 is 2.00 bits per heavy atom. The van der Waals surface area contributed by atoms with E-state index in [0.717, 1.165) is 30.2 Å². The largest absolute Gasteiger partial charge is 0.356 e. The molecule has 2 heteroatoms. The van der Waals surface area contributed by atoms with Gasteiger partial charge in [-0.25, -0.2) is 0 Å². The summed E-state index contributed by atoms with van der Waals surface area (Å²) in [7, 11) is 0. The topological polar surface area (TPSA) is 29.1 Å². The predicted molar refractivity (Wildman–Crippen MR) is 84.4 cm³/mol. The van der Waals surface area contributed by atoms with Gasteiger partial charge in [-0.15, -0.1) is 0 Å². The summed E-state index contributed by atoms with van der Waals surface area (Å²) in [5.74, 6) is 4.13. The number of carbonyl (C=O) groups excluding carboxylic acids is 1. The second kappa shape index (κ2) is 7.47. The minimum absolute atomic E-state index is 0.119. The zero-order valence-corrected chi connectivity index (χ0v) is 13.7. The van der Waals surface area contributed by atoms with Crippen LogP contribution in [-0.2, 0) is 4.79 Å². The first-order valence-corrected chi connectivity index (χ1v) is 8.89. The van der Waals surface area contributed by atoms with Gasteiger partial charge in [-0.3, -0.25) is 4.79 Å². The van der Waals surface area contributed by atoms with Gasteiger partial charge in [0.2, 0.25) is 5.91 Å². The van der Waals surface area contributed by atoms with Crippen LogP contribution in [0.3, 0.4) is 0 Å². The van der Waals surface area contributed by atoms with E-state index in [1.165, 1.54) is 51.4 Å². The van der Waals surface area contributed by atoms with Gasteiger partial charge < -0.3 is 5.32 Å². The Morgan fingerprint density at radius 1 is 1.20 bits per heavy atom. The van der Waals surface area contributed by atoms with Crippen LogP contribution in [0.15, 0.2) is 0 Å². The minimum atomic E-state index is 0.119. The van der Waals surface area contributed by atoms with E-state index in [1.54, 1.807) is 0 Å². The van der Waals surface area contributed by atoms with E-state index >= 15 is 0 Å². The molecule has 0 heterocycles. The molecule has 0 aromatic rings. The van der Waals surface area contributed by atoms with Crippen LogP contribution in [0.25, 0.3) is 0 Å². The molecular formula is C18H33NO. The first-order valence-electron chi connectivity index (χ1n) is 8.89. The minimum Gasteiger partial charge on any atom is -0.356 e. The molecule has 1 N–H and O–H groups in total. The number of nitrogens with one attached hydrogen (secondary N) is 1. The number of hydrogen-bond donors (Lipinski definition) is 1. The van der Waals surface area contributed by atoms with E-state index in [1.807, 2.05) is 13.8 Å². The van der Waals surface area contributed by atoms with Gasteiger partial charge in [0.25, 0.3) is 0 Å². The molecule has 0 aromatic heterocycles. The van der Waals surface area contributed by atoms with Gasteiger partial charge in [-0.1, -0.05) is 52.9 Å². The molecular weight excluding hydrogens is 246 g/mol. The second-order valence-electron chi connectivity index (χ2n) is 7.44. The Balaban J connectivity index is 1.81. The maximum Gasteiger partial charge on any atom is 0.222 e. The standard InChI is InChI=1S/C18H33NO/c1-4-14-8-9-15-6-5-7-16(17(15)12-14)10-11-19-18(20)13(2)3/h13-17H,4-12H2,1-3H3,(H,19,20). The highest BCUT2D eigenvalue weighted by Gasteiger charge is 2.37. The molecule has 4 atom stereocenters. The van der Waals surface area contributed by atoms with Crippen molar-refractivity contribution in [2.45, 2.75) is 72.1 Å². The van der Waals surface area contributed by atoms with E-state index in [4.69, 9.17) is 0 Å². The van der Waals surface area contributed by atoms with Crippen molar-refractivity contribution in [2.75, 3.05) is 6.54 Å². The highest BCUT2D eigenvalue weighted by atomic mass is 16.1. The number of fused-ring (bicyclic) bond motifs is 1. The van der Waals surface area contributed by atoms with Crippen molar-refractivity contribution in [3.63, 3.8) is 0 Å². The van der Waals surface area contributed by atoms with Gasteiger partial charge >= 0.3 is 0 Å². The molecule has 20 heavy (non-hydrogen) atoms. The Kier molecular flexibility index (Phi) is 5.92. The monoisotopic (exact) mass is 279 g/mol. The highest BCUT2D eigenvalue weighted by Crippen LogP contribution is 2.47. The molecule has 2 rings (SSSR count). The molecule has 2 nitrogen and oxygen atoms in total. The summed E-state index contributed by atoms with van der Waals surface area (Å²) in [4.78, 5) is 11.7. The van der Waals surface area contributed by atoms with Crippen molar-refractivity contribution in [3.05, 3.63) is 0 Å². The summed E-state index contributed by atoms with van der Waals surface area (Å²) in [6.45, 7) is 7.19. The average Bonchev–Trinajstić information content (AvgIpc) is 2.46. The lowest BCUT2D eigenvalue weighted by Gasteiger charge is -2.44. The third-order valence-electron chi connectivity index (χ3n) is 5.83. The quantitative estimate of drug-likeness (QED) is 0.794. The summed E-state index contributed by atoms with van der Waals surface area (Å²) in [5, 5.41) is 3.11. The van der Waals surface area contributed by atoms with Crippen molar-refractivity contribution in [2.24, 2.45) is 29.6 Å². The van der Waals surface area contributed by atoms with E-state index in [0.29, 0.717) is 0 Å². The predicted octanol–water partition coefficient (Wildman–Crippen LogP) is 4.39. The van der Waals surface area contributed by atoms with E-state index in [2.05, 4.69) is 12.2 Å². The molecule has 2 aliphatic carbocycles. The molecule has 0 saturated heterocycles. The zero-order valence-electron chi connectivity index (χ0n) is 13.7. The van der Waals surface area contributed by atoms with Crippen LogP contribution in [0.5, 0.6) is 0 Å². The lowest BCUT2D eigenvalue weighted by molar-refractivity contribution is -0.124. The summed E-state index contributed by atoms with van der Waals surface area (Å²) >= 11 is 0. The SMILES string of the molecule is CCC1CCC2CCCC(CCNC(=O)C(C)C)C2C1. The third-order valence-corrected chi connectivity index (χ3v) is 5.83. The second-order valence-corrected chi connectivity index (χ2v) is 7.44. The lowest BCUT2D eigenvalue weighted by atomic mass is 9.62. The summed E-state index contributed by atoms with van der Waals surface area (Å²) in [6.07, 6.45) is 11.2. The number of rotatable bonds is 5. The van der Waals surface area contributed by atoms with Gasteiger partial charge in [0.05, 0.1) is 0 Å². The summed E-state index contributed by atoms with van der Waals surface area (Å²) in [5.41, 5.74) is 0.